The average molecular weight is 547 g/mol. The summed E-state index contributed by atoms with van der Waals surface area (Å²) >= 11 is 0. The van der Waals surface area contributed by atoms with Crippen molar-refractivity contribution in [2.45, 2.75) is 26.9 Å². The Hall–Kier alpha value is -3.23. The molecule has 0 bridgehead atoms. The maximum Gasteiger partial charge on any atom is 4.00 e. The minimum Gasteiger partial charge on any atom is -0.199 e. The zero-order valence-corrected chi connectivity index (χ0v) is 25.7. The van der Waals surface area contributed by atoms with E-state index in [0.717, 1.165) is 20.6 Å². The van der Waals surface area contributed by atoms with Crippen LogP contribution in [0.4, 0.5) is 0 Å². The molecule has 0 aromatic heterocycles. The zero-order valence-electron chi connectivity index (χ0n) is 23.1. The molecule has 0 nitrogen and oxygen atoms in total. The molecule has 0 aliphatic carbocycles. The summed E-state index contributed by atoms with van der Waals surface area (Å²) in [7, 11) is 1.08. The Balaban J connectivity index is 0.000000246. The molecule has 2 heteroatoms. The molecule has 0 saturated heterocycles. The molecule has 190 valence electrons. The molecule has 0 heterocycles. The second-order valence-corrected chi connectivity index (χ2v) is 9.79. The van der Waals surface area contributed by atoms with E-state index in [2.05, 4.69) is 114 Å². The molecule has 0 fully saturated rings. The van der Waals surface area contributed by atoms with Gasteiger partial charge < -0.3 is 0 Å². The van der Waals surface area contributed by atoms with Gasteiger partial charge in [-0.05, 0) is 0 Å². The Morgan fingerprint density at radius 3 is 1.05 bits per heavy atom. The van der Waals surface area contributed by atoms with Gasteiger partial charge in [0, 0.05) is 9.52 Å². The molecular weight excluding hydrogens is 508 g/mol. The van der Waals surface area contributed by atoms with Crippen LogP contribution in [0.5, 0.6) is 0 Å². The van der Waals surface area contributed by atoms with Crippen LogP contribution in [0.25, 0.3) is 21.5 Å². The van der Waals surface area contributed by atoms with Crippen LogP contribution in [0.1, 0.15) is 22.3 Å². The first kappa shape index (κ1) is 32.8. The van der Waals surface area contributed by atoms with E-state index in [1.54, 1.807) is 0 Å². The molecule has 0 aliphatic heterocycles. The van der Waals surface area contributed by atoms with Gasteiger partial charge in [-0.1, -0.05) is 51.2 Å². The summed E-state index contributed by atoms with van der Waals surface area (Å²) in [6, 6.07) is 45.4. The maximum atomic E-state index is 3.72. The van der Waals surface area contributed by atoms with Crippen molar-refractivity contribution in [2.24, 2.45) is 0 Å². The van der Waals surface area contributed by atoms with Gasteiger partial charge in [0.05, 0.1) is 0 Å². The van der Waals surface area contributed by atoms with Crippen molar-refractivity contribution >= 4 is 31.1 Å². The molecule has 0 unspecified atom stereocenters. The van der Waals surface area contributed by atoms with E-state index < -0.39 is 0 Å². The van der Waals surface area contributed by atoms with Crippen LogP contribution < -0.4 is 0 Å². The summed E-state index contributed by atoms with van der Waals surface area (Å²) in [6.07, 6.45) is 0. The first-order chi connectivity index (χ1) is 17.9. The third-order valence-electron chi connectivity index (χ3n) is 5.21. The average Bonchev–Trinajstić information content (AvgIpc) is 3.47. The largest absolute Gasteiger partial charge is 4.00 e. The van der Waals surface area contributed by atoms with Crippen molar-refractivity contribution in [3.8, 4) is 0 Å². The fraction of sp³-hybridized carbons (Fsp3) is 0.111. The van der Waals surface area contributed by atoms with Crippen LogP contribution in [-0.4, -0.2) is 9.52 Å². The third-order valence-corrected chi connectivity index (χ3v) is 5.21. The molecule has 38 heavy (non-hydrogen) atoms. The normalized spacial score (nSPS) is 9.16. The molecule has 0 N–H and O–H groups in total. The van der Waals surface area contributed by atoms with Crippen LogP contribution in [0, 0.1) is 27.7 Å². The van der Waals surface area contributed by atoms with Crippen LogP contribution >= 0.6 is 0 Å². The Bertz CT molecular complexity index is 1220. The Labute approximate surface area is 248 Å². The summed E-state index contributed by atoms with van der Waals surface area (Å²) in [4.78, 5) is 0. The van der Waals surface area contributed by atoms with Gasteiger partial charge in [-0.3, -0.25) is 0 Å². The van der Waals surface area contributed by atoms with Crippen molar-refractivity contribution in [1.29, 1.82) is 0 Å². The third kappa shape index (κ3) is 12.8. The SMILES string of the molecule is C[Si]C.Cc1cc2ccccc2[cH-]1.Cc1cc2ccccc2[cH-]1.[CH2-]c1ccccc1.[CH2-]c1ccccc1.[Ti+4]. The topological polar surface area (TPSA) is 0 Å². The molecule has 0 atom stereocenters. The van der Waals surface area contributed by atoms with Gasteiger partial charge >= 0.3 is 21.7 Å². The first-order valence-corrected chi connectivity index (χ1v) is 14.5. The number of fused-ring (bicyclic) bond motifs is 2. The Morgan fingerprint density at radius 2 is 0.789 bits per heavy atom. The van der Waals surface area contributed by atoms with Crippen molar-refractivity contribution in [3.05, 3.63) is 170 Å². The van der Waals surface area contributed by atoms with Crippen molar-refractivity contribution in [2.75, 3.05) is 0 Å². The molecule has 0 aliphatic rings. The quantitative estimate of drug-likeness (QED) is 0.131. The van der Waals surface area contributed by atoms with Gasteiger partial charge in [0.1, 0.15) is 0 Å². The summed E-state index contributed by atoms with van der Waals surface area (Å²) in [5, 5.41) is 5.39. The second kappa shape index (κ2) is 18.9. The van der Waals surface area contributed by atoms with Crippen molar-refractivity contribution < 1.29 is 21.7 Å². The predicted octanol–water partition coefficient (Wildman–Crippen LogP) is 10.3. The number of hydrogen-bond acceptors (Lipinski definition) is 0. The van der Waals surface area contributed by atoms with Gasteiger partial charge in [0.2, 0.25) is 0 Å². The number of rotatable bonds is 0. The van der Waals surface area contributed by atoms with E-state index in [9.17, 15) is 0 Å². The van der Waals surface area contributed by atoms with E-state index >= 15 is 0 Å². The van der Waals surface area contributed by atoms with Crippen LogP contribution in [0.3, 0.4) is 0 Å². The maximum absolute atomic E-state index is 3.72. The van der Waals surface area contributed by atoms with E-state index in [-0.39, 0.29) is 21.7 Å². The minimum absolute atomic E-state index is 0. The second-order valence-electron chi connectivity index (χ2n) is 8.79. The molecule has 6 aromatic carbocycles. The standard InChI is InChI=1S/2C10H9.2C7H7.C2H6Si.Ti/c2*1-8-6-9-4-2-3-5-10(9)7-8;2*1-7-5-3-2-4-6-7;1-3-2;/h2*2-7H,1H3;2*2-6H,1H2;1-2H3;/q4*-1;;+4. The predicted molar refractivity (Wildman–Crippen MR) is 168 cm³/mol. The molecule has 0 saturated carbocycles. The molecule has 6 aromatic rings. The van der Waals surface area contributed by atoms with Gasteiger partial charge in [0.25, 0.3) is 0 Å². The van der Waals surface area contributed by atoms with Gasteiger partial charge in [-0.15, -0.1) is 105 Å². The van der Waals surface area contributed by atoms with Crippen LogP contribution in [0.2, 0.25) is 13.1 Å². The molecule has 2 radical (unpaired) electrons. The van der Waals surface area contributed by atoms with Crippen molar-refractivity contribution in [1.82, 2.24) is 0 Å². The van der Waals surface area contributed by atoms with Crippen LogP contribution in [-0.2, 0) is 21.7 Å². The molecular formula is C36H38SiTi. The first-order valence-electron chi connectivity index (χ1n) is 12.5. The Morgan fingerprint density at radius 1 is 0.500 bits per heavy atom. The van der Waals surface area contributed by atoms with Gasteiger partial charge in [-0.2, -0.15) is 61.4 Å². The smallest absolute Gasteiger partial charge is 0.199 e. The molecule has 0 amide bonds. The monoisotopic (exact) mass is 546 g/mol. The summed E-state index contributed by atoms with van der Waals surface area (Å²) in [6.45, 7) is 16.0. The zero-order chi connectivity index (χ0) is 26.9. The summed E-state index contributed by atoms with van der Waals surface area (Å²) in [5.74, 6) is 0. The van der Waals surface area contributed by atoms with Gasteiger partial charge in [-0.25, -0.2) is 0 Å². The van der Waals surface area contributed by atoms with E-state index in [1.165, 1.54) is 32.7 Å². The minimum atomic E-state index is 0. The van der Waals surface area contributed by atoms with E-state index in [0.29, 0.717) is 0 Å². The van der Waals surface area contributed by atoms with Gasteiger partial charge in [0.15, 0.2) is 0 Å². The number of hydrogen-bond donors (Lipinski definition) is 0. The Kier molecular flexibility index (Phi) is 16.3. The van der Waals surface area contributed by atoms with Crippen LogP contribution in [0.15, 0.2) is 133 Å². The fourth-order valence-electron chi connectivity index (χ4n) is 3.57. The summed E-state index contributed by atoms with van der Waals surface area (Å²) < 4.78 is 0. The van der Waals surface area contributed by atoms with Crippen molar-refractivity contribution in [3.63, 3.8) is 0 Å². The number of aryl methyl sites for hydroxylation is 2. The summed E-state index contributed by atoms with van der Waals surface area (Å²) in [5.41, 5.74) is 4.84. The van der Waals surface area contributed by atoms with E-state index in [4.69, 9.17) is 0 Å². The number of benzene rings is 4. The molecule has 6 rings (SSSR count). The molecule has 0 spiro atoms. The van der Waals surface area contributed by atoms with E-state index in [1.807, 2.05) is 60.7 Å². The fourth-order valence-corrected chi connectivity index (χ4v) is 3.57.